The van der Waals surface area contributed by atoms with E-state index in [2.05, 4.69) is 31.4 Å². The number of halogens is 1. The van der Waals surface area contributed by atoms with Gasteiger partial charge in [0.1, 0.15) is 0 Å². The number of nitrogens with zero attached hydrogens (tertiary/aromatic N) is 1. The molecule has 0 aliphatic heterocycles. The zero-order chi connectivity index (χ0) is 19.1. The summed E-state index contributed by atoms with van der Waals surface area (Å²) in [7, 11) is 0. The van der Waals surface area contributed by atoms with Crippen molar-refractivity contribution in [3.05, 3.63) is 39.6 Å². The van der Waals surface area contributed by atoms with Crippen molar-refractivity contribution < 1.29 is 14.3 Å². The van der Waals surface area contributed by atoms with E-state index in [9.17, 15) is 4.79 Å². The molecule has 142 valence electrons. The molecule has 0 aliphatic rings. The predicted octanol–water partition coefficient (Wildman–Crippen LogP) is 4.07. The van der Waals surface area contributed by atoms with Crippen LogP contribution in [0.3, 0.4) is 0 Å². The van der Waals surface area contributed by atoms with Gasteiger partial charge in [-0.15, -0.1) is 0 Å². The summed E-state index contributed by atoms with van der Waals surface area (Å²) in [6.07, 6.45) is 0.692. The number of aromatic nitrogens is 2. The molecule has 0 saturated carbocycles. The minimum atomic E-state index is -0.198. The average Bonchev–Trinajstić information content (AvgIpc) is 2.99. The number of carbonyl (C=O) groups is 1. The van der Waals surface area contributed by atoms with E-state index in [1.54, 1.807) is 0 Å². The van der Waals surface area contributed by atoms with Gasteiger partial charge in [0.2, 0.25) is 0 Å². The number of hydrogen-bond acceptors (Lipinski definition) is 4. The Kier molecular flexibility index (Phi) is 7.50. The molecule has 0 aliphatic carbocycles. The number of hydrogen-bond donors (Lipinski definition) is 2. The predicted molar refractivity (Wildman–Crippen MR) is 105 cm³/mol. The quantitative estimate of drug-likeness (QED) is 0.637. The standard InChI is InChI=1S/C19H26BrN3O3/c1-5-25-14-8-7-13(11-15(14)26-6-2)9-10-21-19(24)18-16(20)17(12(3)4)22-23-18/h7-8,11-12H,5-6,9-10H2,1-4H3,(H,21,24)(H,22,23). The fraction of sp³-hybridized carbons (Fsp3) is 0.474. The molecule has 1 aromatic carbocycles. The Morgan fingerprint density at radius 1 is 1.23 bits per heavy atom. The molecule has 26 heavy (non-hydrogen) atoms. The van der Waals surface area contributed by atoms with Gasteiger partial charge in [0.05, 0.1) is 23.4 Å². The third kappa shape index (κ3) is 5.00. The third-order valence-corrected chi connectivity index (χ3v) is 4.63. The largest absolute Gasteiger partial charge is 0.490 e. The van der Waals surface area contributed by atoms with E-state index in [1.165, 1.54) is 0 Å². The highest BCUT2D eigenvalue weighted by Crippen LogP contribution is 2.29. The van der Waals surface area contributed by atoms with Crippen molar-refractivity contribution in [3.8, 4) is 11.5 Å². The highest BCUT2D eigenvalue weighted by atomic mass is 79.9. The van der Waals surface area contributed by atoms with E-state index in [0.717, 1.165) is 27.2 Å². The molecule has 0 fully saturated rings. The zero-order valence-electron chi connectivity index (χ0n) is 15.7. The molecule has 7 heteroatoms. The molecule has 0 spiro atoms. The van der Waals surface area contributed by atoms with Crippen LogP contribution in [0.2, 0.25) is 0 Å². The van der Waals surface area contributed by atoms with Gasteiger partial charge in [-0.2, -0.15) is 5.10 Å². The van der Waals surface area contributed by atoms with Crippen LogP contribution in [0.4, 0.5) is 0 Å². The molecule has 0 atom stereocenters. The van der Waals surface area contributed by atoms with Crippen molar-refractivity contribution in [2.24, 2.45) is 0 Å². The Bertz CT molecular complexity index is 744. The second kappa shape index (κ2) is 9.62. The third-order valence-electron chi connectivity index (χ3n) is 3.83. The Labute approximate surface area is 162 Å². The summed E-state index contributed by atoms with van der Waals surface area (Å²) in [6.45, 7) is 9.64. The zero-order valence-corrected chi connectivity index (χ0v) is 17.3. The summed E-state index contributed by atoms with van der Waals surface area (Å²) in [5.74, 6) is 1.54. The molecule has 2 rings (SSSR count). The minimum Gasteiger partial charge on any atom is -0.490 e. The maximum absolute atomic E-state index is 12.3. The van der Waals surface area contributed by atoms with E-state index in [0.29, 0.717) is 31.9 Å². The molecule has 6 nitrogen and oxygen atoms in total. The lowest BCUT2D eigenvalue weighted by atomic mass is 10.1. The van der Waals surface area contributed by atoms with Gasteiger partial charge in [-0.25, -0.2) is 0 Å². The lowest BCUT2D eigenvalue weighted by molar-refractivity contribution is 0.0948. The van der Waals surface area contributed by atoms with Crippen molar-refractivity contribution in [3.63, 3.8) is 0 Å². The number of benzene rings is 1. The van der Waals surface area contributed by atoms with Crippen LogP contribution >= 0.6 is 15.9 Å². The normalized spacial score (nSPS) is 10.8. The summed E-state index contributed by atoms with van der Waals surface area (Å²) in [4.78, 5) is 12.3. The highest BCUT2D eigenvalue weighted by Gasteiger charge is 2.18. The molecule has 2 N–H and O–H groups in total. The molecular formula is C19H26BrN3O3. The van der Waals surface area contributed by atoms with E-state index in [4.69, 9.17) is 9.47 Å². The monoisotopic (exact) mass is 423 g/mol. The van der Waals surface area contributed by atoms with Crippen molar-refractivity contribution in [1.82, 2.24) is 15.5 Å². The molecular weight excluding hydrogens is 398 g/mol. The van der Waals surface area contributed by atoms with Crippen LogP contribution in [-0.4, -0.2) is 35.9 Å². The van der Waals surface area contributed by atoms with E-state index in [-0.39, 0.29) is 11.8 Å². The second-order valence-electron chi connectivity index (χ2n) is 6.11. The van der Waals surface area contributed by atoms with Gasteiger partial charge in [-0.05, 0) is 59.8 Å². The maximum atomic E-state index is 12.3. The molecule has 0 saturated heterocycles. The molecule has 0 bridgehead atoms. The van der Waals surface area contributed by atoms with Gasteiger partial charge in [-0.3, -0.25) is 9.89 Å². The number of aromatic amines is 1. The second-order valence-corrected chi connectivity index (χ2v) is 6.90. The molecule has 2 aromatic rings. The molecule has 1 heterocycles. The SMILES string of the molecule is CCOc1ccc(CCNC(=O)c2n[nH]c(C(C)C)c2Br)cc1OCC. The van der Waals surface area contributed by atoms with Crippen LogP contribution in [0.25, 0.3) is 0 Å². The smallest absolute Gasteiger partial charge is 0.272 e. The van der Waals surface area contributed by atoms with Crippen LogP contribution in [-0.2, 0) is 6.42 Å². The highest BCUT2D eigenvalue weighted by molar-refractivity contribution is 9.10. The molecule has 0 radical (unpaired) electrons. The molecule has 1 amide bonds. The van der Waals surface area contributed by atoms with Gasteiger partial charge in [0.25, 0.3) is 5.91 Å². The summed E-state index contributed by atoms with van der Waals surface area (Å²) in [6, 6.07) is 5.85. The summed E-state index contributed by atoms with van der Waals surface area (Å²) in [5.41, 5.74) is 2.37. The number of nitrogens with one attached hydrogen (secondary N) is 2. The molecule has 1 aromatic heterocycles. The number of rotatable bonds is 9. The Balaban J connectivity index is 1.96. The maximum Gasteiger partial charge on any atom is 0.272 e. The van der Waals surface area contributed by atoms with Gasteiger partial charge >= 0.3 is 0 Å². The first-order valence-corrected chi connectivity index (χ1v) is 9.67. The lowest BCUT2D eigenvalue weighted by Gasteiger charge is -2.12. The van der Waals surface area contributed by atoms with Crippen molar-refractivity contribution in [2.75, 3.05) is 19.8 Å². The number of amides is 1. The van der Waals surface area contributed by atoms with Crippen molar-refractivity contribution >= 4 is 21.8 Å². The number of ether oxygens (including phenoxy) is 2. The summed E-state index contributed by atoms with van der Waals surface area (Å²) < 4.78 is 11.9. The average molecular weight is 424 g/mol. The first-order chi connectivity index (χ1) is 12.5. The fourth-order valence-electron chi connectivity index (χ4n) is 2.53. The Hall–Kier alpha value is -2.02. The first kappa shape index (κ1) is 20.3. The molecule has 0 unspecified atom stereocenters. The van der Waals surface area contributed by atoms with Gasteiger partial charge < -0.3 is 14.8 Å². The van der Waals surface area contributed by atoms with Crippen LogP contribution < -0.4 is 14.8 Å². The Morgan fingerprint density at radius 2 is 1.92 bits per heavy atom. The van der Waals surface area contributed by atoms with Gasteiger partial charge in [-0.1, -0.05) is 19.9 Å². The summed E-state index contributed by atoms with van der Waals surface area (Å²) in [5, 5.41) is 9.93. The van der Waals surface area contributed by atoms with E-state index >= 15 is 0 Å². The van der Waals surface area contributed by atoms with Crippen molar-refractivity contribution in [1.29, 1.82) is 0 Å². The number of H-pyrrole nitrogens is 1. The van der Waals surface area contributed by atoms with Crippen LogP contribution in [0, 0.1) is 0 Å². The fourth-order valence-corrected chi connectivity index (χ4v) is 3.35. The number of carbonyl (C=O) groups excluding carboxylic acids is 1. The van der Waals surface area contributed by atoms with E-state index in [1.807, 2.05) is 45.9 Å². The van der Waals surface area contributed by atoms with Crippen LogP contribution in [0.1, 0.15) is 55.4 Å². The Morgan fingerprint density at radius 3 is 2.54 bits per heavy atom. The topological polar surface area (TPSA) is 76.2 Å². The van der Waals surface area contributed by atoms with Crippen LogP contribution in [0.15, 0.2) is 22.7 Å². The minimum absolute atomic E-state index is 0.198. The van der Waals surface area contributed by atoms with Crippen LogP contribution in [0.5, 0.6) is 11.5 Å². The lowest BCUT2D eigenvalue weighted by Crippen LogP contribution is -2.26. The van der Waals surface area contributed by atoms with Gasteiger partial charge in [0.15, 0.2) is 17.2 Å². The first-order valence-electron chi connectivity index (χ1n) is 8.88. The van der Waals surface area contributed by atoms with E-state index < -0.39 is 0 Å². The van der Waals surface area contributed by atoms with Gasteiger partial charge in [0, 0.05) is 6.54 Å². The summed E-state index contributed by atoms with van der Waals surface area (Å²) >= 11 is 3.45. The van der Waals surface area contributed by atoms with Crippen molar-refractivity contribution in [2.45, 2.75) is 40.0 Å².